The van der Waals surface area contributed by atoms with Gasteiger partial charge in [-0.2, -0.15) is 0 Å². The van der Waals surface area contributed by atoms with Crippen molar-refractivity contribution in [2.24, 2.45) is 5.92 Å². The first kappa shape index (κ1) is 21.1. The number of hydrogen-bond donors (Lipinski definition) is 2. The van der Waals surface area contributed by atoms with Crippen molar-refractivity contribution in [3.63, 3.8) is 0 Å². The first-order valence-corrected chi connectivity index (χ1v) is 9.78. The second-order valence-electron chi connectivity index (χ2n) is 7.28. The minimum atomic E-state index is -0.630. The van der Waals surface area contributed by atoms with Crippen LogP contribution < -0.4 is 15.0 Å². The van der Waals surface area contributed by atoms with Crippen molar-refractivity contribution in [3.05, 3.63) is 24.3 Å². The molecule has 2 saturated heterocycles. The zero-order valence-corrected chi connectivity index (χ0v) is 16.5. The van der Waals surface area contributed by atoms with Crippen molar-refractivity contribution in [1.82, 2.24) is 10.2 Å². The molecule has 3 rings (SSSR count). The molecule has 2 N–H and O–H groups in total. The van der Waals surface area contributed by atoms with Gasteiger partial charge in [-0.3, -0.25) is 14.4 Å². The molecule has 0 radical (unpaired) electrons. The molecule has 2 atom stereocenters. The maximum Gasteiger partial charge on any atom is 0.260 e. The summed E-state index contributed by atoms with van der Waals surface area (Å²) >= 11 is 0. The normalized spacial score (nSPS) is 20.5. The molecule has 1 aromatic rings. The van der Waals surface area contributed by atoms with Gasteiger partial charge in [-0.25, -0.2) is 0 Å². The smallest absolute Gasteiger partial charge is 0.260 e. The number of aliphatic hydroxyl groups excluding tert-OH is 1. The molecular weight excluding hydrogens is 378 g/mol. The van der Waals surface area contributed by atoms with Gasteiger partial charge in [-0.05, 0) is 31.2 Å². The highest BCUT2D eigenvalue weighted by molar-refractivity contribution is 6.00. The Morgan fingerprint density at radius 2 is 1.97 bits per heavy atom. The van der Waals surface area contributed by atoms with E-state index >= 15 is 0 Å². The fourth-order valence-electron chi connectivity index (χ4n) is 3.30. The van der Waals surface area contributed by atoms with E-state index in [1.54, 1.807) is 41.0 Å². The molecule has 2 aliphatic rings. The van der Waals surface area contributed by atoms with Crippen LogP contribution in [-0.4, -0.2) is 79.8 Å². The number of carbonyl (C=O) groups excluding carboxylic acids is 3. The predicted octanol–water partition coefficient (Wildman–Crippen LogP) is -0.226. The molecule has 2 fully saturated rings. The number of hydrogen-bond acceptors (Lipinski definition) is 6. The number of benzene rings is 1. The first-order chi connectivity index (χ1) is 13.9. The summed E-state index contributed by atoms with van der Waals surface area (Å²) in [6, 6.07) is 6.89. The zero-order valence-electron chi connectivity index (χ0n) is 16.5. The molecule has 29 heavy (non-hydrogen) atoms. The lowest BCUT2D eigenvalue weighted by Gasteiger charge is -2.26. The van der Waals surface area contributed by atoms with E-state index in [0.29, 0.717) is 44.3 Å². The van der Waals surface area contributed by atoms with Gasteiger partial charge in [0.1, 0.15) is 5.75 Å². The Bertz CT molecular complexity index is 730. The third-order valence-corrected chi connectivity index (χ3v) is 4.94. The number of aliphatic hydroxyl groups is 1. The molecule has 9 heteroatoms. The highest BCUT2D eigenvalue weighted by Crippen LogP contribution is 2.27. The summed E-state index contributed by atoms with van der Waals surface area (Å²) in [5, 5.41) is 11.9. The Morgan fingerprint density at radius 3 is 2.62 bits per heavy atom. The topological polar surface area (TPSA) is 108 Å². The van der Waals surface area contributed by atoms with E-state index in [-0.39, 0.29) is 37.3 Å². The van der Waals surface area contributed by atoms with Crippen LogP contribution in [0.4, 0.5) is 5.69 Å². The highest BCUT2D eigenvalue weighted by atomic mass is 16.5. The Kier molecular flexibility index (Phi) is 7.05. The minimum Gasteiger partial charge on any atom is -0.484 e. The second kappa shape index (κ2) is 9.71. The van der Waals surface area contributed by atoms with Gasteiger partial charge >= 0.3 is 0 Å². The molecule has 0 unspecified atom stereocenters. The van der Waals surface area contributed by atoms with Crippen LogP contribution >= 0.6 is 0 Å². The number of amides is 3. The molecule has 0 spiro atoms. The van der Waals surface area contributed by atoms with Crippen LogP contribution in [0.25, 0.3) is 0 Å². The Balaban J connectivity index is 1.51. The van der Waals surface area contributed by atoms with Gasteiger partial charge in [-0.1, -0.05) is 0 Å². The van der Waals surface area contributed by atoms with Gasteiger partial charge in [0, 0.05) is 38.3 Å². The first-order valence-electron chi connectivity index (χ1n) is 9.78. The van der Waals surface area contributed by atoms with E-state index in [2.05, 4.69) is 5.32 Å². The van der Waals surface area contributed by atoms with Gasteiger partial charge in [0.2, 0.25) is 11.8 Å². The third-order valence-electron chi connectivity index (χ3n) is 4.94. The molecule has 0 aliphatic carbocycles. The van der Waals surface area contributed by atoms with Gasteiger partial charge in [0.05, 0.1) is 25.2 Å². The van der Waals surface area contributed by atoms with E-state index in [4.69, 9.17) is 9.47 Å². The summed E-state index contributed by atoms with van der Waals surface area (Å²) in [4.78, 5) is 39.8. The third kappa shape index (κ3) is 5.68. The van der Waals surface area contributed by atoms with Crippen molar-refractivity contribution in [1.29, 1.82) is 0 Å². The van der Waals surface area contributed by atoms with Crippen molar-refractivity contribution in [2.45, 2.75) is 19.4 Å². The molecule has 3 amide bonds. The number of ether oxygens (including phenoxy) is 2. The fraction of sp³-hybridized carbons (Fsp3) is 0.550. The standard InChI is InChI=1S/C20H27N3O6/c1-14(24)11-21-20(27)15-10-18(25)23(12-15)16-2-4-17(5-3-16)29-13-19(26)22-6-8-28-9-7-22/h2-5,14-15,24H,6-13H2,1H3,(H,21,27)/t14-,15+/m0/s1. The number of anilines is 1. The molecule has 0 saturated carbocycles. The molecule has 2 heterocycles. The van der Waals surface area contributed by atoms with Crippen LogP contribution in [0.1, 0.15) is 13.3 Å². The SMILES string of the molecule is C[C@H](O)CNC(=O)[C@@H]1CC(=O)N(c2ccc(OCC(=O)N3CCOCC3)cc2)C1. The molecule has 1 aromatic carbocycles. The quantitative estimate of drug-likeness (QED) is 0.649. The van der Waals surface area contributed by atoms with E-state index in [1.165, 1.54) is 0 Å². The van der Waals surface area contributed by atoms with Crippen molar-refractivity contribution >= 4 is 23.4 Å². The molecule has 2 aliphatic heterocycles. The molecule has 9 nitrogen and oxygen atoms in total. The monoisotopic (exact) mass is 405 g/mol. The van der Waals surface area contributed by atoms with Gasteiger partial charge < -0.3 is 29.7 Å². The number of nitrogens with one attached hydrogen (secondary N) is 1. The molecule has 0 bridgehead atoms. The average molecular weight is 405 g/mol. The lowest BCUT2D eigenvalue weighted by Crippen LogP contribution is -2.42. The largest absolute Gasteiger partial charge is 0.484 e. The van der Waals surface area contributed by atoms with E-state index < -0.39 is 12.0 Å². The summed E-state index contributed by atoms with van der Waals surface area (Å²) in [6.07, 6.45) is -0.493. The van der Waals surface area contributed by atoms with E-state index in [0.717, 1.165) is 0 Å². The summed E-state index contributed by atoms with van der Waals surface area (Å²) in [7, 11) is 0. The highest BCUT2D eigenvalue weighted by Gasteiger charge is 2.35. The Morgan fingerprint density at radius 1 is 1.28 bits per heavy atom. The van der Waals surface area contributed by atoms with Crippen molar-refractivity contribution in [3.8, 4) is 5.75 Å². The fourth-order valence-corrected chi connectivity index (χ4v) is 3.30. The molecular formula is C20H27N3O6. The summed E-state index contributed by atoms with van der Waals surface area (Å²) in [5.74, 6) is -0.351. The van der Waals surface area contributed by atoms with Gasteiger partial charge in [0.15, 0.2) is 6.61 Å². The maximum atomic E-state index is 12.3. The number of nitrogens with zero attached hydrogens (tertiary/aromatic N) is 2. The average Bonchev–Trinajstić information content (AvgIpc) is 3.13. The van der Waals surface area contributed by atoms with Crippen LogP contribution in [0.2, 0.25) is 0 Å². The molecule has 158 valence electrons. The Hall–Kier alpha value is -2.65. The Labute approximate surface area is 169 Å². The van der Waals surface area contributed by atoms with Crippen molar-refractivity contribution < 1.29 is 29.0 Å². The molecule has 0 aromatic heterocycles. The van der Waals surface area contributed by atoms with Crippen molar-refractivity contribution in [2.75, 3.05) is 50.9 Å². The van der Waals surface area contributed by atoms with Crippen LogP contribution in [-0.2, 0) is 19.1 Å². The van der Waals surface area contributed by atoms with Gasteiger partial charge in [0.25, 0.3) is 5.91 Å². The minimum absolute atomic E-state index is 0.0481. The number of carbonyl (C=O) groups is 3. The summed E-state index contributed by atoms with van der Waals surface area (Å²) in [5.41, 5.74) is 0.674. The maximum absolute atomic E-state index is 12.3. The van der Waals surface area contributed by atoms with Crippen LogP contribution in [0, 0.1) is 5.92 Å². The second-order valence-corrected chi connectivity index (χ2v) is 7.28. The van der Waals surface area contributed by atoms with Gasteiger partial charge in [-0.15, -0.1) is 0 Å². The van der Waals surface area contributed by atoms with Crippen LogP contribution in [0.3, 0.4) is 0 Å². The van der Waals surface area contributed by atoms with Crippen LogP contribution in [0.5, 0.6) is 5.75 Å². The zero-order chi connectivity index (χ0) is 20.8. The lowest BCUT2D eigenvalue weighted by molar-refractivity contribution is -0.137. The van der Waals surface area contributed by atoms with E-state index in [1.807, 2.05) is 0 Å². The van der Waals surface area contributed by atoms with E-state index in [9.17, 15) is 19.5 Å². The number of rotatable bonds is 7. The number of morpholine rings is 1. The predicted molar refractivity (Wildman–Crippen MR) is 104 cm³/mol. The summed E-state index contributed by atoms with van der Waals surface area (Å²) < 4.78 is 10.8. The summed E-state index contributed by atoms with van der Waals surface area (Å²) in [6.45, 7) is 4.23. The lowest BCUT2D eigenvalue weighted by atomic mass is 10.1. The van der Waals surface area contributed by atoms with Crippen LogP contribution in [0.15, 0.2) is 24.3 Å².